The summed E-state index contributed by atoms with van der Waals surface area (Å²) in [6.07, 6.45) is 0. The second-order valence-corrected chi connectivity index (χ2v) is 7.27. The molecule has 0 spiro atoms. The van der Waals surface area contributed by atoms with Gasteiger partial charge in [0.05, 0.1) is 26.2 Å². The van der Waals surface area contributed by atoms with Crippen molar-refractivity contribution in [2.45, 2.75) is 6.54 Å². The van der Waals surface area contributed by atoms with Crippen molar-refractivity contribution in [2.24, 2.45) is 0 Å². The molecule has 4 heteroatoms. The highest BCUT2D eigenvalue weighted by atomic mass is 16.1. The highest BCUT2D eigenvalue weighted by molar-refractivity contribution is 6.04. The minimum Gasteiger partial charge on any atom is -0.360 e. The number of nitrogens with zero attached hydrogens (tertiary/aromatic N) is 1. The minimum absolute atomic E-state index is 0.0773. The second-order valence-electron chi connectivity index (χ2n) is 7.27. The summed E-state index contributed by atoms with van der Waals surface area (Å²) in [6, 6.07) is 28.2. The number of piperazine rings is 1. The zero-order valence-corrected chi connectivity index (χ0v) is 16.0. The monoisotopic (exact) mass is 372 g/mol. The maximum absolute atomic E-state index is 12.3. The average Bonchev–Trinajstić information content (AvgIpc) is 2.76. The quantitative estimate of drug-likeness (QED) is 0.723. The largest absolute Gasteiger partial charge is 0.360 e. The molecule has 1 fully saturated rings. The van der Waals surface area contributed by atoms with Crippen LogP contribution in [0.2, 0.25) is 0 Å². The Morgan fingerprint density at radius 2 is 1.43 bits per heavy atom. The van der Waals surface area contributed by atoms with Crippen LogP contribution in [-0.2, 0) is 6.54 Å². The molecule has 0 unspecified atom stereocenters. The standard InChI is InChI=1S/C24H25N3O/c28-24(21-9-5-2-6-10-21)25-22-11-13-23(14-12-22)27-17-15-26(16-18-27)19-20-7-3-1-4-8-20/h1-14H,15-19H2,(H,25,28)/p+1. The summed E-state index contributed by atoms with van der Waals surface area (Å²) in [5.41, 5.74) is 4.12. The van der Waals surface area contributed by atoms with E-state index in [4.69, 9.17) is 0 Å². The Kier molecular flexibility index (Phi) is 5.69. The summed E-state index contributed by atoms with van der Waals surface area (Å²) in [6.45, 7) is 5.48. The first-order chi connectivity index (χ1) is 13.8. The number of carbonyl (C=O) groups is 1. The normalized spacial score (nSPS) is 14.6. The second kappa shape index (κ2) is 8.72. The molecule has 3 aromatic carbocycles. The fourth-order valence-corrected chi connectivity index (χ4v) is 3.69. The van der Waals surface area contributed by atoms with E-state index in [0.717, 1.165) is 38.4 Å². The summed E-state index contributed by atoms with van der Waals surface area (Å²) >= 11 is 0. The van der Waals surface area contributed by atoms with Gasteiger partial charge in [0.2, 0.25) is 0 Å². The van der Waals surface area contributed by atoms with Crippen LogP contribution in [0.25, 0.3) is 0 Å². The van der Waals surface area contributed by atoms with Crippen molar-refractivity contribution in [3.8, 4) is 0 Å². The van der Waals surface area contributed by atoms with Crippen LogP contribution in [0.15, 0.2) is 84.9 Å². The van der Waals surface area contributed by atoms with E-state index in [0.29, 0.717) is 5.56 Å². The van der Waals surface area contributed by atoms with Crippen LogP contribution >= 0.6 is 0 Å². The first-order valence-electron chi connectivity index (χ1n) is 9.87. The molecule has 1 heterocycles. The minimum atomic E-state index is -0.0773. The number of amides is 1. The van der Waals surface area contributed by atoms with Gasteiger partial charge in [0.25, 0.3) is 5.91 Å². The van der Waals surface area contributed by atoms with Crippen molar-refractivity contribution in [3.05, 3.63) is 96.1 Å². The van der Waals surface area contributed by atoms with Crippen LogP contribution in [-0.4, -0.2) is 32.1 Å². The maximum atomic E-state index is 12.3. The van der Waals surface area contributed by atoms with Crippen LogP contribution in [0.5, 0.6) is 0 Å². The van der Waals surface area contributed by atoms with E-state index in [1.54, 1.807) is 4.90 Å². The lowest BCUT2D eigenvalue weighted by Gasteiger charge is -2.33. The van der Waals surface area contributed by atoms with Gasteiger partial charge in [-0.25, -0.2) is 0 Å². The van der Waals surface area contributed by atoms with Crippen molar-refractivity contribution < 1.29 is 9.69 Å². The van der Waals surface area contributed by atoms with Gasteiger partial charge in [0.1, 0.15) is 6.54 Å². The summed E-state index contributed by atoms with van der Waals surface area (Å²) in [4.78, 5) is 16.3. The van der Waals surface area contributed by atoms with E-state index in [-0.39, 0.29) is 5.91 Å². The highest BCUT2D eigenvalue weighted by Gasteiger charge is 2.20. The number of quaternary nitrogens is 1. The molecule has 0 atom stereocenters. The first kappa shape index (κ1) is 18.3. The van der Waals surface area contributed by atoms with Crippen molar-refractivity contribution in [1.29, 1.82) is 0 Å². The van der Waals surface area contributed by atoms with Gasteiger partial charge in [-0.2, -0.15) is 0 Å². The molecule has 1 saturated heterocycles. The molecule has 1 aliphatic rings. The third kappa shape index (κ3) is 4.59. The molecular weight excluding hydrogens is 346 g/mol. The Hall–Kier alpha value is -3.11. The van der Waals surface area contributed by atoms with Crippen LogP contribution < -0.4 is 15.1 Å². The van der Waals surface area contributed by atoms with E-state index >= 15 is 0 Å². The topological polar surface area (TPSA) is 36.8 Å². The lowest BCUT2D eigenvalue weighted by molar-refractivity contribution is -0.914. The van der Waals surface area contributed by atoms with Crippen molar-refractivity contribution in [3.63, 3.8) is 0 Å². The van der Waals surface area contributed by atoms with Gasteiger partial charge in [-0.15, -0.1) is 0 Å². The molecule has 0 aliphatic carbocycles. The summed E-state index contributed by atoms with van der Waals surface area (Å²) in [5, 5.41) is 2.96. The van der Waals surface area contributed by atoms with Gasteiger partial charge < -0.3 is 15.1 Å². The molecule has 0 saturated carbocycles. The number of hydrogen-bond acceptors (Lipinski definition) is 2. The fourth-order valence-electron chi connectivity index (χ4n) is 3.69. The van der Waals surface area contributed by atoms with E-state index in [1.165, 1.54) is 11.3 Å². The number of carbonyl (C=O) groups excluding carboxylic acids is 1. The molecule has 0 radical (unpaired) electrons. The molecule has 142 valence electrons. The predicted molar refractivity (Wildman–Crippen MR) is 114 cm³/mol. The molecule has 1 aliphatic heterocycles. The van der Waals surface area contributed by atoms with Gasteiger partial charge >= 0.3 is 0 Å². The lowest BCUT2D eigenvalue weighted by atomic mass is 10.2. The number of nitrogens with one attached hydrogen (secondary N) is 2. The molecule has 0 aromatic heterocycles. The molecular formula is C24H26N3O+. The summed E-state index contributed by atoms with van der Waals surface area (Å²) < 4.78 is 0. The van der Waals surface area contributed by atoms with Gasteiger partial charge in [0, 0.05) is 22.5 Å². The molecule has 28 heavy (non-hydrogen) atoms. The third-order valence-electron chi connectivity index (χ3n) is 5.29. The first-order valence-corrected chi connectivity index (χ1v) is 9.87. The summed E-state index contributed by atoms with van der Waals surface area (Å²) in [7, 11) is 0. The zero-order chi connectivity index (χ0) is 19.2. The Bertz CT molecular complexity index is 886. The molecule has 3 aromatic rings. The van der Waals surface area contributed by atoms with E-state index < -0.39 is 0 Å². The number of benzene rings is 3. The van der Waals surface area contributed by atoms with Gasteiger partial charge in [0.15, 0.2) is 0 Å². The fraction of sp³-hybridized carbons (Fsp3) is 0.208. The van der Waals surface area contributed by atoms with E-state index in [2.05, 4.69) is 52.7 Å². The van der Waals surface area contributed by atoms with E-state index in [9.17, 15) is 4.79 Å². The van der Waals surface area contributed by atoms with Gasteiger partial charge in [-0.3, -0.25) is 4.79 Å². The zero-order valence-electron chi connectivity index (χ0n) is 16.0. The number of hydrogen-bond donors (Lipinski definition) is 2. The SMILES string of the molecule is O=C(Nc1ccc(N2CC[NH+](Cc3ccccc3)CC2)cc1)c1ccccc1. The Morgan fingerprint density at radius 3 is 2.07 bits per heavy atom. The molecule has 1 amide bonds. The lowest BCUT2D eigenvalue weighted by Crippen LogP contribution is -3.13. The molecule has 4 nitrogen and oxygen atoms in total. The van der Waals surface area contributed by atoms with Crippen molar-refractivity contribution in [1.82, 2.24) is 0 Å². The average molecular weight is 372 g/mol. The van der Waals surface area contributed by atoms with E-state index in [1.807, 2.05) is 42.5 Å². The maximum Gasteiger partial charge on any atom is 0.255 e. The van der Waals surface area contributed by atoms with Crippen molar-refractivity contribution >= 4 is 17.3 Å². The molecule has 4 rings (SSSR count). The Labute approximate surface area is 166 Å². The number of anilines is 2. The molecule has 0 bridgehead atoms. The van der Waals surface area contributed by atoms with Crippen LogP contribution in [0, 0.1) is 0 Å². The highest BCUT2D eigenvalue weighted by Crippen LogP contribution is 2.18. The van der Waals surface area contributed by atoms with Gasteiger partial charge in [-0.1, -0.05) is 48.5 Å². The van der Waals surface area contributed by atoms with Gasteiger partial charge in [-0.05, 0) is 36.4 Å². The van der Waals surface area contributed by atoms with Crippen molar-refractivity contribution in [2.75, 3.05) is 36.4 Å². The van der Waals surface area contributed by atoms with Crippen LogP contribution in [0.4, 0.5) is 11.4 Å². The Morgan fingerprint density at radius 1 is 0.821 bits per heavy atom. The van der Waals surface area contributed by atoms with Crippen LogP contribution in [0.1, 0.15) is 15.9 Å². The summed E-state index contributed by atoms with van der Waals surface area (Å²) in [5.74, 6) is -0.0773. The molecule has 2 N–H and O–H groups in total. The number of rotatable bonds is 5. The third-order valence-corrected chi connectivity index (χ3v) is 5.29. The smallest absolute Gasteiger partial charge is 0.255 e. The predicted octanol–water partition coefficient (Wildman–Crippen LogP) is 2.84. The Balaban J connectivity index is 1.30. The van der Waals surface area contributed by atoms with Crippen LogP contribution in [0.3, 0.4) is 0 Å².